The van der Waals surface area contributed by atoms with Crippen LogP contribution in [0.1, 0.15) is 36.8 Å². The molecule has 0 amide bonds. The van der Waals surface area contributed by atoms with Crippen molar-refractivity contribution in [3.05, 3.63) is 75.5 Å². The maximum atomic E-state index is 13.8. The van der Waals surface area contributed by atoms with Gasteiger partial charge in [0.2, 0.25) is 0 Å². The molecule has 7 rings (SSSR count). The second kappa shape index (κ2) is 13.3. The molecule has 4 heterocycles. The van der Waals surface area contributed by atoms with Crippen LogP contribution in [-0.2, 0) is 17.0 Å². The molecular weight excluding hydrogens is 669 g/mol. The number of fused-ring (bicyclic) bond motifs is 3. The molecule has 1 aliphatic heterocycles. The van der Waals surface area contributed by atoms with Gasteiger partial charge in [-0.05, 0) is 83.4 Å². The van der Waals surface area contributed by atoms with Crippen molar-refractivity contribution in [2.24, 2.45) is 0 Å². The minimum Gasteiger partial charge on any atom is -0.492 e. The number of morpholine rings is 1. The summed E-state index contributed by atoms with van der Waals surface area (Å²) in [4.78, 5) is 2.36. The highest BCUT2D eigenvalue weighted by Gasteiger charge is 2.29. The molecule has 0 spiro atoms. The van der Waals surface area contributed by atoms with Crippen molar-refractivity contribution in [3.8, 4) is 5.75 Å². The fraction of sp³-hybridized carbons (Fsp3) is 0.375. The van der Waals surface area contributed by atoms with Gasteiger partial charge < -0.3 is 23.8 Å². The van der Waals surface area contributed by atoms with Crippen LogP contribution >= 0.6 is 39.3 Å². The van der Waals surface area contributed by atoms with Gasteiger partial charge in [0.1, 0.15) is 23.1 Å². The molecule has 0 unspecified atom stereocenters. The van der Waals surface area contributed by atoms with Gasteiger partial charge in [0.05, 0.1) is 64.2 Å². The molecule has 1 saturated heterocycles. The molecule has 12 heteroatoms. The van der Waals surface area contributed by atoms with Crippen LogP contribution in [0.4, 0.5) is 15.9 Å². The van der Waals surface area contributed by atoms with Crippen molar-refractivity contribution in [2.45, 2.75) is 37.6 Å². The highest BCUT2D eigenvalue weighted by molar-refractivity contribution is 9.10. The second-order valence-electron chi connectivity index (χ2n) is 11.1. The van der Waals surface area contributed by atoms with E-state index >= 15 is 0 Å². The molecule has 1 aliphatic carbocycles. The Hall–Kier alpha value is -2.83. The molecule has 2 fully saturated rings. The number of aromatic nitrogens is 3. The standard InChI is InChI=1S/C32H32BrClFN5O3S/c33-25-16-28-24(15-30(25)42-10-1-13-44-19-23-6-5-22(43-23)18-39-8-11-41-12-9-39)31-29(40(28)21-3-4-21)17-36-38-32(31)37-20-2-7-27(35)26(34)14-20/h2,5-7,14-17,21H,1,3-4,8-13,18-19H2,(H,37,38). The van der Waals surface area contributed by atoms with E-state index in [-0.39, 0.29) is 5.02 Å². The summed E-state index contributed by atoms with van der Waals surface area (Å²) in [5.74, 6) is 4.73. The monoisotopic (exact) mass is 699 g/mol. The molecule has 5 aromatic rings. The number of nitrogens with one attached hydrogen (secondary N) is 1. The first-order chi connectivity index (χ1) is 21.5. The predicted octanol–water partition coefficient (Wildman–Crippen LogP) is 8.35. The predicted molar refractivity (Wildman–Crippen MR) is 177 cm³/mol. The number of thioether (sulfide) groups is 1. The largest absolute Gasteiger partial charge is 0.492 e. The molecule has 8 nitrogen and oxygen atoms in total. The molecule has 44 heavy (non-hydrogen) atoms. The summed E-state index contributed by atoms with van der Waals surface area (Å²) in [6.07, 6.45) is 4.97. The van der Waals surface area contributed by atoms with Gasteiger partial charge in [-0.1, -0.05) is 11.6 Å². The number of nitrogens with zero attached hydrogens (tertiary/aromatic N) is 4. The van der Waals surface area contributed by atoms with Crippen LogP contribution in [0.3, 0.4) is 0 Å². The Bertz CT molecular complexity index is 1790. The third kappa shape index (κ3) is 6.57. The van der Waals surface area contributed by atoms with E-state index in [1.54, 1.807) is 12.1 Å². The number of furan rings is 1. The molecule has 2 aromatic carbocycles. The van der Waals surface area contributed by atoms with Gasteiger partial charge in [-0.2, -0.15) is 16.9 Å². The van der Waals surface area contributed by atoms with E-state index in [9.17, 15) is 4.39 Å². The van der Waals surface area contributed by atoms with Crippen molar-refractivity contribution in [1.29, 1.82) is 0 Å². The first-order valence-electron chi connectivity index (χ1n) is 14.8. The molecule has 0 bridgehead atoms. The molecule has 1 N–H and O–H groups in total. The topological polar surface area (TPSA) is 77.6 Å². The van der Waals surface area contributed by atoms with E-state index < -0.39 is 5.82 Å². The average Bonchev–Trinajstić information content (AvgIpc) is 3.68. The van der Waals surface area contributed by atoms with Gasteiger partial charge in [-0.3, -0.25) is 4.90 Å². The highest BCUT2D eigenvalue weighted by atomic mass is 79.9. The van der Waals surface area contributed by atoms with Crippen LogP contribution in [0.15, 0.2) is 57.6 Å². The number of benzene rings is 2. The Morgan fingerprint density at radius 2 is 1.93 bits per heavy atom. The van der Waals surface area contributed by atoms with E-state index in [4.69, 9.17) is 25.5 Å². The van der Waals surface area contributed by atoms with Gasteiger partial charge in [-0.15, -0.1) is 5.10 Å². The van der Waals surface area contributed by atoms with Crippen molar-refractivity contribution in [2.75, 3.05) is 44.0 Å². The molecule has 3 aromatic heterocycles. The summed E-state index contributed by atoms with van der Waals surface area (Å²) in [5, 5.41) is 14.0. The highest BCUT2D eigenvalue weighted by Crippen LogP contribution is 2.46. The number of hydrogen-bond donors (Lipinski definition) is 1. The Morgan fingerprint density at radius 1 is 1.09 bits per heavy atom. The normalized spacial score (nSPS) is 15.8. The average molecular weight is 701 g/mol. The van der Waals surface area contributed by atoms with Crippen LogP contribution in [0.5, 0.6) is 5.75 Å². The Balaban J connectivity index is 1.02. The number of ether oxygens (including phenoxy) is 2. The maximum Gasteiger partial charge on any atom is 0.163 e. The fourth-order valence-corrected chi connectivity index (χ4v) is 7.06. The van der Waals surface area contributed by atoms with E-state index in [1.807, 2.05) is 18.0 Å². The van der Waals surface area contributed by atoms with Gasteiger partial charge in [0, 0.05) is 30.2 Å². The van der Waals surface area contributed by atoms with E-state index in [0.29, 0.717) is 24.2 Å². The van der Waals surface area contributed by atoms with Crippen molar-refractivity contribution in [3.63, 3.8) is 0 Å². The molecule has 2 aliphatic rings. The smallest absolute Gasteiger partial charge is 0.163 e. The molecular formula is C32H32BrClFN5O3S. The van der Waals surface area contributed by atoms with Crippen LogP contribution in [0.25, 0.3) is 21.8 Å². The van der Waals surface area contributed by atoms with Crippen LogP contribution in [0.2, 0.25) is 5.02 Å². The summed E-state index contributed by atoms with van der Waals surface area (Å²) < 4.78 is 34.8. The number of halogens is 3. The van der Waals surface area contributed by atoms with Crippen molar-refractivity contribution < 1.29 is 18.3 Å². The summed E-state index contributed by atoms with van der Waals surface area (Å²) in [7, 11) is 0. The third-order valence-electron chi connectivity index (χ3n) is 7.90. The summed E-state index contributed by atoms with van der Waals surface area (Å²) in [5.41, 5.74) is 2.73. The number of hydrogen-bond acceptors (Lipinski definition) is 8. The van der Waals surface area contributed by atoms with Crippen LogP contribution in [0, 0.1) is 5.82 Å². The Morgan fingerprint density at radius 3 is 2.75 bits per heavy atom. The third-order valence-corrected chi connectivity index (χ3v) is 9.87. The molecule has 0 atom stereocenters. The number of anilines is 2. The lowest BCUT2D eigenvalue weighted by atomic mass is 10.2. The minimum absolute atomic E-state index is 0.0472. The van der Waals surface area contributed by atoms with Crippen molar-refractivity contribution >= 4 is 72.6 Å². The molecule has 1 saturated carbocycles. The Kier molecular flexibility index (Phi) is 9.00. The van der Waals surface area contributed by atoms with Gasteiger partial charge in [-0.25, -0.2) is 4.39 Å². The van der Waals surface area contributed by atoms with Gasteiger partial charge >= 0.3 is 0 Å². The zero-order chi connectivity index (χ0) is 30.0. The first-order valence-corrected chi connectivity index (χ1v) is 17.1. The van der Waals surface area contributed by atoms with E-state index in [0.717, 1.165) is 107 Å². The van der Waals surface area contributed by atoms with Crippen LogP contribution < -0.4 is 10.1 Å². The molecule has 0 radical (unpaired) electrons. The van der Waals surface area contributed by atoms with E-state index in [1.165, 1.54) is 6.07 Å². The first kappa shape index (κ1) is 29.9. The number of rotatable bonds is 12. The minimum atomic E-state index is -0.466. The van der Waals surface area contributed by atoms with Crippen molar-refractivity contribution in [1.82, 2.24) is 19.7 Å². The molecule has 230 valence electrons. The summed E-state index contributed by atoms with van der Waals surface area (Å²) in [6, 6.07) is 13.3. The SMILES string of the molecule is Fc1ccc(Nc2nncc3c2c2cc(OCCCSCc4ccc(CN5CCOCC5)o4)c(Br)cc2n3C2CC2)cc1Cl. The summed E-state index contributed by atoms with van der Waals surface area (Å²) >= 11 is 11.6. The lowest BCUT2D eigenvalue weighted by Gasteiger charge is -2.25. The maximum absolute atomic E-state index is 13.8. The lowest BCUT2D eigenvalue weighted by Crippen LogP contribution is -2.35. The zero-order valence-corrected chi connectivity index (χ0v) is 27.2. The Labute approximate surface area is 272 Å². The van der Waals surface area contributed by atoms with Gasteiger partial charge in [0.15, 0.2) is 5.82 Å². The quantitative estimate of drug-likeness (QED) is 0.130. The summed E-state index contributed by atoms with van der Waals surface area (Å²) in [6.45, 7) is 4.92. The lowest BCUT2D eigenvalue weighted by molar-refractivity contribution is 0.0312. The second-order valence-corrected chi connectivity index (χ2v) is 13.5. The van der Waals surface area contributed by atoms with Crippen LogP contribution in [-0.4, -0.2) is 58.3 Å². The zero-order valence-electron chi connectivity index (χ0n) is 24.0. The van der Waals surface area contributed by atoms with Gasteiger partial charge in [0.25, 0.3) is 0 Å². The van der Waals surface area contributed by atoms with E-state index in [2.05, 4.69) is 65.2 Å². The fourth-order valence-electron chi connectivity index (χ4n) is 5.61.